The van der Waals surface area contributed by atoms with E-state index in [9.17, 15) is 4.79 Å². The van der Waals surface area contributed by atoms with E-state index in [1.165, 1.54) is 11.3 Å². The van der Waals surface area contributed by atoms with Crippen LogP contribution < -0.4 is 11.1 Å². The number of likely N-dealkylation sites (N-methyl/N-ethyl adjacent to an activating group) is 1. The van der Waals surface area contributed by atoms with Crippen LogP contribution in [0.3, 0.4) is 0 Å². The summed E-state index contributed by atoms with van der Waals surface area (Å²) in [6.45, 7) is 1.19. The lowest BCUT2D eigenvalue weighted by molar-refractivity contribution is -0.120. The average molecular weight is 276 g/mol. The summed E-state index contributed by atoms with van der Waals surface area (Å²) in [4.78, 5) is 14.4. The summed E-state index contributed by atoms with van der Waals surface area (Å²) in [5.74, 6) is 0.0387. The molecule has 96 valence electrons. The summed E-state index contributed by atoms with van der Waals surface area (Å²) in [7, 11) is 3.61. The second-order valence-electron chi connectivity index (χ2n) is 3.80. The number of nitrogens with two attached hydrogens (primary N) is 1. The normalized spacial score (nSPS) is 12.8. The van der Waals surface area contributed by atoms with Gasteiger partial charge in [-0.05, 0) is 19.2 Å². The van der Waals surface area contributed by atoms with Crippen molar-refractivity contribution < 1.29 is 4.79 Å². The van der Waals surface area contributed by atoms with Gasteiger partial charge < -0.3 is 11.1 Å². The zero-order valence-electron chi connectivity index (χ0n) is 10.1. The molecule has 1 unspecified atom stereocenters. The molecule has 1 rings (SSSR count). The molecule has 1 amide bonds. The largest absolute Gasteiger partial charge is 0.359 e. The molecule has 0 aliphatic rings. The maximum atomic E-state index is 11.2. The second kappa shape index (κ2) is 6.96. The van der Waals surface area contributed by atoms with Gasteiger partial charge in [0.15, 0.2) is 0 Å². The van der Waals surface area contributed by atoms with Gasteiger partial charge in [0.05, 0.1) is 10.4 Å². The number of rotatable bonds is 6. The smallest absolute Gasteiger partial charge is 0.221 e. The Morgan fingerprint density at radius 3 is 2.82 bits per heavy atom. The van der Waals surface area contributed by atoms with Gasteiger partial charge in [0, 0.05) is 31.4 Å². The van der Waals surface area contributed by atoms with Crippen molar-refractivity contribution >= 4 is 28.8 Å². The molecule has 6 heteroatoms. The van der Waals surface area contributed by atoms with Gasteiger partial charge in [-0.1, -0.05) is 11.6 Å². The Morgan fingerprint density at radius 2 is 2.35 bits per heavy atom. The molecule has 1 atom stereocenters. The Hall–Kier alpha value is -0.620. The quantitative estimate of drug-likeness (QED) is 0.827. The van der Waals surface area contributed by atoms with Crippen molar-refractivity contribution in [3.05, 3.63) is 21.3 Å². The van der Waals surface area contributed by atoms with Gasteiger partial charge in [0.2, 0.25) is 5.91 Å². The minimum absolute atomic E-state index is 0.0387. The fourth-order valence-electron chi connectivity index (χ4n) is 1.58. The molecule has 0 aliphatic carbocycles. The molecule has 0 bridgehead atoms. The van der Waals surface area contributed by atoms with Crippen molar-refractivity contribution in [1.82, 2.24) is 10.2 Å². The first-order valence-corrected chi connectivity index (χ1v) is 6.64. The Labute approximate surface area is 111 Å². The molecular formula is C11H18ClN3OS. The molecular weight excluding hydrogens is 258 g/mol. The lowest BCUT2D eigenvalue weighted by atomic mass is 10.2. The third-order valence-electron chi connectivity index (χ3n) is 2.65. The summed E-state index contributed by atoms with van der Waals surface area (Å²) in [5.41, 5.74) is 5.78. The van der Waals surface area contributed by atoms with Crippen LogP contribution >= 0.6 is 22.9 Å². The summed E-state index contributed by atoms with van der Waals surface area (Å²) >= 11 is 7.44. The van der Waals surface area contributed by atoms with Gasteiger partial charge in [-0.2, -0.15) is 0 Å². The molecule has 0 radical (unpaired) electrons. The number of thiophene rings is 1. The maximum absolute atomic E-state index is 11.2. The molecule has 0 fully saturated rings. The topological polar surface area (TPSA) is 58.4 Å². The zero-order valence-corrected chi connectivity index (χ0v) is 11.6. The molecule has 3 N–H and O–H groups in total. The fourth-order valence-corrected chi connectivity index (χ4v) is 2.82. The van der Waals surface area contributed by atoms with Crippen molar-refractivity contribution in [1.29, 1.82) is 0 Å². The van der Waals surface area contributed by atoms with E-state index in [2.05, 4.69) is 10.2 Å². The number of hydrogen-bond acceptors (Lipinski definition) is 4. The minimum Gasteiger partial charge on any atom is -0.359 e. The van der Waals surface area contributed by atoms with E-state index in [1.807, 2.05) is 19.2 Å². The Balaban J connectivity index is 2.58. The molecule has 0 aromatic carbocycles. The second-order valence-corrected chi connectivity index (χ2v) is 5.54. The lowest BCUT2D eigenvalue weighted by Gasteiger charge is -2.25. The van der Waals surface area contributed by atoms with E-state index in [1.54, 1.807) is 7.05 Å². The van der Waals surface area contributed by atoms with Gasteiger partial charge >= 0.3 is 0 Å². The summed E-state index contributed by atoms with van der Waals surface area (Å²) < 4.78 is 0.762. The minimum atomic E-state index is 0.0387. The van der Waals surface area contributed by atoms with Gasteiger partial charge in [-0.25, -0.2) is 0 Å². The summed E-state index contributed by atoms with van der Waals surface area (Å²) in [6, 6.07) is 3.98. The predicted molar refractivity (Wildman–Crippen MR) is 72.4 cm³/mol. The molecule has 0 saturated heterocycles. The predicted octanol–water partition coefficient (Wildman–Crippen LogP) is 1.47. The molecule has 0 saturated carbocycles. The first-order chi connectivity index (χ1) is 8.08. The lowest BCUT2D eigenvalue weighted by Crippen LogP contribution is -2.33. The highest BCUT2D eigenvalue weighted by Crippen LogP contribution is 2.29. The molecule has 4 nitrogen and oxygen atoms in total. The van der Waals surface area contributed by atoms with E-state index >= 15 is 0 Å². The molecule has 1 aromatic heterocycles. The number of nitrogens with one attached hydrogen (secondary N) is 1. The molecule has 0 aliphatic heterocycles. The van der Waals surface area contributed by atoms with E-state index in [-0.39, 0.29) is 11.9 Å². The van der Waals surface area contributed by atoms with Crippen molar-refractivity contribution in [3.63, 3.8) is 0 Å². The van der Waals surface area contributed by atoms with E-state index in [0.717, 1.165) is 9.21 Å². The third kappa shape index (κ3) is 4.27. The number of carbonyl (C=O) groups is 1. The Morgan fingerprint density at radius 1 is 1.65 bits per heavy atom. The van der Waals surface area contributed by atoms with Crippen LogP contribution in [0.4, 0.5) is 0 Å². The molecule has 1 heterocycles. The average Bonchev–Trinajstić information content (AvgIpc) is 2.73. The van der Waals surface area contributed by atoms with Gasteiger partial charge in [0.1, 0.15) is 0 Å². The number of amides is 1. The van der Waals surface area contributed by atoms with Crippen molar-refractivity contribution in [2.45, 2.75) is 12.5 Å². The highest BCUT2D eigenvalue weighted by atomic mass is 35.5. The standard InChI is InChI=1S/C11H18ClN3OS/c1-14-11(16)5-6-15(2)8(7-13)9-3-4-10(12)17-9/h3-4,8H,5-7,13H2,1-2H3,(H,14,16). The highest BCUT2D eigenvalue weighted by molar-refractivity contribution is 7.16. The monoisotopic (exact) mass is 275 g/mol. The van der Waals surface area contributed by atoms with Crippen LogP contribution in [0.2, 0.25) is 4.34 Å². The fraction of sp³-hybridized carbons (Fsp3) is 0.545. The first-order valence-electron chi connectivity index (χ1n) is 5.44. The highest BCUT2D eigenvalue weighted by Gasteiger charge is 2.17. The van der Waals surface area contributed by atoms with Crippen LogP contribution in [0.15, 0.2) is 12.1 Å². The number of nitrogens with zero attached hydrogens (tertiary/aromatic N) is 1. The van der Waals surface area contributed by atoms with E-state index in [0.29, 0.717) is 19.5 Å². The molecule has 17 heavy (non-hydrogen) atoms. The van der Waals surface area contributed by atoms with Crippen molar-refractivity contribution in [2.24, 2.45) is 5.73 Å². The maximum Gasteiger partial charge on any atom is 0.221 e. The molecule has 1 aromatic rings. The van der Waals surface area contributed by atoms with Crippen LogP contribution in [0.5, 0.6) is 0 Å². The van der Waals surface area contributed by atoms with Crippen molar-refractivity contribution in [3.8, 4) is 0 Å². The van der Waals surface area contributed by atoms with Crippen LogP contribution in [-0.4, -0.2) is 38.0 Å². The van der Waals surface area contributed by atoms with E-state index in [4.69, 9.17) is 17.3 Å². The third-order valence-corrected chi connectivity index (χ3v) is 3.98. The summed E-state index contributed by atoms with van der Waals surface area (Å²) in [6.07, 6.45) is 0.475. The van der Waals surface area contributed by atoms with Crippen LogP contribution in [0, 0.1) is 0 Å². The van der Waals surface area contributed by atoms with Crippen molar-refractivity contribution in [2.75, 3.05) is 27.2 Å². The Bertz CT molecular complexity index is 369. The Kier molecular flexibility index (Phi) is 5.91. The van der Waals surface area contributed by atoms with Gasteiger partial charge in [-0.15, -0.1) is 11.3 Å². The van der Waals surface area contributed by atoms with E-state index < -0.39 is 0 Å². The zero-order chi connectivity index (χ0) is 12.8. The number of carbonyl (C=O) groups excluding carboxylic acids is 1. The van der Waals surface area contributed by atoms with Gasteiger partial charge in [-0.3, -0.25) is 9.69 Å². The van der Waals surface area contributed by atoms with Crippen LogP contribution in [-0.2, 0) is 4.79 Å². The number of halogens is 1. The molecule has 0 spiro atoms. The SMILES string of the molecule is CNC(=O)CCN(C)C(CN)c1ccc(Cl)s1. The summed E-state index contributed by atoms with van der Waals surface area (Å²) in [5, 5.41) is 2.61. The number of hydrogen-bond donors (Lipinski definition) is 2. The van der Waals surface area contributed by atoms with Crippen LogP contribution in [0.1, 0.15) is 17.3 Å². The van der Waals surface area contributed by atoms with Gasteiger partial charge in [0.25, 0.3) is 0 Å². The first kappa shape index (κ1) is 14.4. The van der Waals surface area contributed by atoms with Crippen LogP contribution in [0.25, 0.3) is 0 Å².